The monoisotopic (exact) mass is 1120 g/mol. The molecule has 0 heterocycles. The van der Waals surface area contributed by atoms with E-state index in [0.29, 0.717) is 23.0 Å². The van der Waals surface area contributed by atoms with E-state index in [1.807, 2.05) is 41.5 Å². The van der Waals surface area contributed by atoms with Crippen molar-refractivity contribution in [2.45, 2.75) is 293 Å². The first-order chi connectivity index (χ1) is 40.2. The first-order valence-corrected chi connectivity index (χ1v) is 32.1. The molecule has 460 valence electrons. The summed E-state index contributed by atoms with van der Waals surface area (Å²) in [6.07, 6.45) is 8.95. The molecule has 0 heteroatoms. The van der Waals surface area contributed by atoms with Crippen LogP contribution >= 0.6 is 0 Å². The Morgan fingerprint density at radius 1 is 0.451 bits per heavy atom. The van der Waals surface area contributed by atoms with Crippen molar-refractivity contribution in [3.05, 3.63) is 176 Å². The van der Waals surface area contributed by atoms with E-state index < -0.39 is 6.37 Å². The molecule has 0 amide bonds. The third-order valence-corrected chi connectivity index (χ3v) is 16.5. The maximum atomic E-state index is 9.00. The lowest BCUT2D eigenvalue weighted by atomic mass is 9.47. The first-order valence-electron chi connectivity index (χ1n) is 35.6. The zero-order chi connectivity index (χ0) is 69.2. The average Bonchev–Trinajstić information content (AvgIpc) is 3.37. The second-order valence-corrected chi connectivity index (χ2v) is 32.2. The Bertz CT molecular complexity index is 2780. The largest absolute Gasteiger partial charge is 0.0654 e. The van der Waals surface area contributed by atoms with Gasteiger partial charge in [0.1, 0.15) is 0 Å². The first kappa shape index (κ1) is 62.6. The van der Waals surface area contributed by atoms with Crippen LogP contribution in [0.25, 0.3) is 0 Å². The number of rotatable bonds is 4. The Kier molecular flexibility index (Phi) is 24.0. The van der Waals surface area contributed by atoms with Crippen molar-refractivity contribution in [2.24, 2.45) is 46.3 Å². The lowest BCUT2D eigenvalue weighted by Crippen LogP contribution is -2.49. The Hall–Kier alpha value is -3.90. The fraction of sp³-hybridized carbons (Fsp3) is 0.634. The number of aryl methyl sites for hydroxylation is 6. The molecule has 0 aliphatic heterocycles. The molecule has 1 atom stereocenters. The highest BCUT2D eigenvalue weighted by Crippen LogP contribution is 2.60. The molecule has 0 nitrogen and oxygen atoms in total. The quantitative estimate of drug-likeness (QED) is 0.168. The molecule has 0 radical (unpaired) electrons. The van der Waals surface area contributed by atoms with Crippen LogP contribution in [0.2, 0.25) is 0 Å². The summed E-state index contributed by atoms with van der Waals surface area (Å²) in [6, 6.07) is 30.3. The Morgan fingerprint density at radius 3 is 1.06 bits per heavy atom. The van der Waals surface area contributed by atoms with Crippen molar-refractivity contribution in [3.8, 4) is 0 Å². The predicted octanol–water partition coefficient (Wildman–Crippen LogP) is 25.4. The highest BCUT2D eigenvalue weighted by molar-refractivity contribution is 5.40. The van der Waals surface area contributed by atoms with Crippen LogP contribution in [0.3, 0.4) is 0 Å². The van der Waals surface area contributed by atoms with Gasteiger partial charge in [0.05, 0.1) is 5.48 Å². The SMILES string of the molecule is Cc1cccc(C)c1C(C)(C)C.Cc1cccc(C)c1C(C)(C)C.Cc1ccccc1C(C)(C)C.Cc1ccccc1C(C)(C)C.[2H]C([2H])(C(CC)CCC)C(C)(C)C.[2H]C1(C(C)(C)C)C2CC3CC(C2)CC1C3.[2H]c1c([2H])c(C)c([2H])c(C(C)(C)C)c1[2H]. The minimum atomic E-state index is -1.04. The van der Waals surface area contributed by atoms with Crippen molar-refractivity contribution >= 4 is 0 Å². The molecule has 4 aliphatic rings. The van der Waals surface area contributed by atoms with Gasteiger partial charge in [-0.2, -0.15) is 0 Å². The molecule has 0 saturated heterocycles. The van der Waals surface area contributed by atoms with Crippen LogP contribution in [0.15, 0.2) is 109 Å². The fourth-order valence-corrected chi connectivity index (χ4v) is 13.9. The number of hydrogen-bond acceptors (Lipinski definition) is 0. The van der Waals surface area contributed by atoms with E-state index in [1.54, 1.807) is 6.92 Å². The second-order valence-electron chi connectivity index (χ2n) is 32.2. The van der Waals surface area contributed by atoms with Crippen molar-refractivity contribution in [3.63, 3.8) is 0 Å². The third-order valence-electron chi connectivity index (χ3n) is 16.5. The van der Waals surface area contributed by atoms with Gasteiger partial charge in [0.2, 0.25) is 0 Å². The topological polar surface area (TPSA) is 0 Å². The Morgan fingerprint density at radius 2 is 0.805 bits per heavy atom. The highest BCUT2D eigenvalue weighted by atomic mass is 14.6. The summed E-state index contributed by atoms with van der Waals surface area (Å²) >= 11 is 0. The van der Waals surface area contributed by atoms with Crippen LogP contribution < -0.4 is 0 Å². The lowest BCUT2D eigenvalue weighted by molar-refractivity contribution is -0.0811. The van der Waals surface area contributed by atoms with Gasteiger partial charge in [-0.05, 0) is 222 Å². The van der Waals surface area contributed by atoms with Crippen LogP contribution in [-0.2, 0) is 27.1 Å². The Labute approximate surface area is 521 Å². The van der Waals surface area contributed by atoms with Crippen molar-refractivity contribution in [1.29, 1.82) is 0 Å². The van der Waals surface area contributed by atoms with E-state index in [2.05, 4.69) is 244 Å². The Balaban J connectivity index is 0.000000355. The summed E-state index contributed by atoms with van der Waals surface area (Å²) in [6.45, 7) is 64.6. The molecule has 0 spiro atoms. The minimum Gasteiger partial charge on any atom is -0.0654 e. The van der Waals surface area contributed by atoms with Crippen LogP contribution in [0.1, 0.15) is 293 Å². The van der Waals surface area contributed by atoms with Gasteiger partial charge in [-0.1, -0.05) is 293 Å². The summed E-state index contributed by atoms with van der Waals surface area (Å²) in [5, 5.41) is 0. The number of benzene rings is 5. The van der Waals surface area contributed by atoms with Crippen LogP contribution in [0.4, 0.5) is 0 Å². The van der Waals surface area contributed by atoms with Gasteiger partial charge in [-0.3, -0.25) is 0 Å². The molecular formula is C82H132. The van der Waals surface area contributed by atoms with Gasteiger partial charge in [0, 0.05) is 4.11 Å². The molecular weight excluding hydrogens is 985 g/mol. The van der Waals surface area contributed by atoms with E-state index in [0.717, 1.165) is 31.1 Å². The normalized spacial score (nSPS) is 21.2. The molecule has 5 aromatic carbocycles. The van der Waals surface area contributed by atoms with E-state index in [1.165, 1.54) is 87.7 Å². The molecule has 9 rings (SSSR count). The molecule has 1 unspecified atom stereocenters. The molecule has 5 aromatic rings. The van der Waals surface area contributed by atoms with Gasteiger partial charge in [-0.15, -0.1) is 0 Å². The van der Waals surface area contributed by atoms with Gasteiger partial charge < -0.3 is 0 Å². The molecule has 4 fully saturated rings. The molecule has 4 saturated carbocycles. The standard InChI is InChI=1S/C14H24.2C12H18.3C11H16.C11H24/c1-14(2,3)13-11-5-9-4-10(7-11)8-12(13)6-9;2*1-9-7-6-8-10(2)11(9)12(3,4)5;1-9-6-5-7-10(8-9)11(2,3)4;2*1-9-7-5-6-8-10(9)11(2,3)4;1-6-8-10(7-2)9-11(3,4)5/h9-13H,4-8H2,1-3H3;2*6-8H,1-5H3;3*5-8H,1-4H3;10H,6-9H2,1-5H3/i13D;;;5D,6D,7D,8D;;;9D2. The minimum absolute atomic E-state index is 0.00185. The van der Waals surface area contributed by atoms with Gasteiger partial charge in [-0.25, -0.2) is 0 Å². The summed E-state index contributed by atoms with van der Waals surface area (Å²) in [4.78, 5) is 0. The second kappa shape index (κ2) is 31.5. The van der Waals surface area contributed by atoms with E-state index >= 15 is 0 Å². The third kappa shape index (κ3) is 25.4. The van der Waals surface area contributed by atoms with Gasteiger partial charge >= 0.3 is 0 Å². The molecule has 0 aromatic heterocycles. The lowest BCUT2D eigenvalue weighted by Gasteiger charge is -2.58. The number of hydrogen-bond donors (Lipinski definition) is 0. The predicted molar refractivity (Wildman–Crippen MR) is 372 cm³/mol. The van der Waals surface area contributed by atoms with Crippen LogP contribution in [0, 0.1) is 94.8 Å². The zero-order valence-electron chi connectivity index (χ0n) is 66.1. The van der Waals surface area contributed by atoms with Gasteiger partial charge in [0.15, 0.2) is 0 Å². The fourth-order valence-electron chi connectivity index (χ4n) is 13.9. The average molecular weight is 1130 g/mol. The maximum absolute atomic E-state index is 9.00. The van der Waals surface area contributed by atoms with Crippen LogP contribution in [-0.4, -0.2) is 0 Å². The van der Waals surface area contributed by atoms with E-state index in [-0.39, 0.29) is 73.9 Å². The summed E-state index contributed by atoms with van der Waals surface area (Å²) in [5.74, 6) is 3.52. The molecule has 4 bridgehead atoms. The molecule has 4 aliphatic carbocycles. The summed E-state index contributed by atoms with van der Waals surface area (Å²) < 4.78 is 56.2. The molecule has 0 N–H and O–H groups in total. The van der Waals surface area contributed by atoms with Crippen molar-refractivity contribution in [2.75, 3.05) is 0 Å². The smallest absolute Gasteiger partial charge is 0.0629 e. The van der Waals surface area contributed by atoms with Crippen LogP contribution in [0.5, 0.6) is 0 Å². The molecule has 82 heavy (non-hydrogen) atoms. The van der Waals surface area contributed by atoms with E-state index in [4.69, 9.17) is 9.60 Å². The van der Waals surface area contributed by atoms with E-state index in [9.17, 15) is 0 Å². The maximum Gasteiger partial charge on any atom is 0.0629 e. The highest BCUT2D eigenvalue weighted by Gasteiger charge is 2.51. The van der Waals surface area contributed by atoms with Crippen molar-refractivity contribution in [1.82, 2.24) is 0 Å². The summed E-state index contributed by atoms with van der Waals surface area (Å²) in [5.41, 5.74) is 16.0. The van der Waals surface area contributed by atoms with Gasteiger partial charge in [0.25, 0.3) is 0 Å². The summed E-state index contributed by atoms with van der Waals surface area (Å²) in [7, 11) is 0. The zero-order valence-corrected chi connectivity index (χ0v) is 59.1. The van der Waals surface area contributed by atoms with Crippen molar-refractivity contribution < 1.29 is 9.60 Å².